The van der Waals surface area contributed by atoms with Gasteiger partial charge in [0.1, 0.15) is 0 Å². The monoisotopic (exact) mass is 197 g/mol. The van der Waals surface area contributed by atoms with Gasteiger partial charge >= 0.3 is 12.3 Å². The lowest BCUT2D eigenvalue weighted by molar-refractivity contribution is -0.201. The zero-order valence-electron chi connectivity index (χ0n) is 7.18. The Morgan fingerprint density at radius 2 is 2.00 bits per heavy atom. The lowest BCUT2D eigenvalue weighted by atomic mass is 9.99. The van der Waals surface area contributed by atoms with Gasteiger partial charge in [-0.15, -0.1) is 0 Å². The molecule has 6 heteroatoms. The molecule has 0 aromatic carbocycles. The molecule has 1 unspecified atom stereocenters. The summed E-state index contributed by atoms with van der Waals surface area (Å²) in [4.78, 5) is 10.6. The van der Waals surface area contributed by atoms with Crippen LogP contribution in [0.4, 0.5) is 18.0 Å². The SMILES string of the molecule is CC(C)C1NC(=O)O[C@H]1C(F)(F)F. The van der Waals surface area contributed by atoms with Gasteiger partial charge in [0.05, 0.1) is 6.04 Å². The maximum Gasteiger partial charge on any atom is 0.427 e. The summed E-state index contributed by atoms with van der Waals surface area (Å²) in [6.07, 6.45) is -7.50. The van der Waals surface area contributed by atoms with Crippen LogP contribution in [0.25, 0.3) is 0 Å². The van der Waals surface area contributed by atoms with Crippen molar-refractivity contribution in [1.82, 2.24) is 5.32 Å². The number of amides is 1. The summed E-state index contributed by atoms with van der Waals surface area (Å²) in [5.74, 6) is -0.307. The van der Waals surface area contributed by atoms with Gasteiger partial charge in [-0.1, -0.05) is 13.8 Å². The molecule has 1 rings (SSSR count). The maximum atomic E-state index is 12.2. The Kier molecular flexibility index (Phi) is 2.40. The Bertz CT molecular complexity index is 214. The predicted molar refractivity (Wildman–Crippen MR) is 38.1 cm³/mol. The molecule has 0 spiro atoms. The number of hydrogen-bond donors (Lipinski definition) is 1. The van der Waals surface area contributed by atoms with Crippen LogP contribution in [0.3, 0.4) is 0 Å². The second kappa shape index (κ2) is 3.08. The van der Waals surface area contributed by atoms with E-state index in [0.29, 0.717) is 0 Å². The van der Waals surface area contributed by atoms with E-state index in [9.17, 15) is 18.0 Å². The summed E-state index contributed by atoms with van der Waals surface area (Å²) in [5.41, 5.74) is 0. The van der Waals surface area contributed by atoms with Crippen molar-refractivity contribution in [3.05, 3.63) is 0 Å². The highest BCUT2D eigenvalue weighted by molar-refractivity contribution is 5.70. The van der Waals surface area contributed by atoms with Crippen molar-refractivity contribution in [2.75, 3.05) is 0 Å². The van der Waals surface area contributed by atoms with E-state index < -0.39 is 24.4 Å². The van der Waals surface area contributed by atoms with Crippen molar-refractivity contribution in [3.63, 3.8) is 0 Å². The first-order valence-corrected chi connectivity index (χ1v) is 3.86. The fourth-order valence-corrected chi connectivity index (χ4v) is 1.22. The normalized spacial score (nSPS) is 28.9. The minimum absolute atomic E-state index is 0.307. The van der Waals surface area contributed by atoms with E-state index in [1.54, 1.807) is 13.8 Å². The van der Waals surface area contributed by atoms with Gasteiger partial charge in [0.2, 0.25) is 6.10 Å². The molecule has 0 saturated carbocycles. The first-order chi connectivity index (χ1) is 5.82. The van der Waals surface area contributed by atoms with E-state index in [1.165, 1.54) is 0 Å². The number of alkyl carbamates (subject to hydrolysis) is 1. The molecule has 0 radical (unpaired) electrons. The summed E-state index contributed by atoms with van der Waals surface area (Å²) in [7, 11) is 0. The molecule has 1 fully saturated rings. The molecule has 0 aromatic rings. The van der Waals surface area contributed by atoms with Gasteiger partial charge < -0.3 is 10.1 Å². The number of cyclic esters (lactones) is 1. The number of alkyl halides is 3. The Morgan fingerprint density at radius 1 is 1.46 bits per heavy atom. The van der Waals surface area contributed by atoms with Crippen molar-refractivity contribution >= 4 is 6.09 Å². The smallest absolute Gasteiger partial charge is 0.427 e. The molecule has 1 saturated heterocycles. The molecule has 2 atom stereocenters. The highest BCUT2D eigenvalue weighted by Gasteiger charge is 2.53. The number of carbonyl (C=O) groups is 1. The molecule has 1 amide bonds. The molecule has 1 heterocycles. The molecule has 1 aliphatic heterocycles. The zero-order chi connectivity index (χ0) is 10.2. The van der Waals surface area contributed by atoms with Gasteiger partial charge in [0, 0.05) is 0 Å². The van der Waals surface area contributed by atoms with Crippen molar-refractivity contribution in [1.29, 1.82) is 0 Å². The largest absolute Gasteiger partial charge is 0.434 e. The number of halogens is 3. The molecule has 1 aliphatic rings. The highest BCUT2D eigenvalue weighted by Crippen LogP contribution is 2.31. The average molecular weight is 197 g/mol. The van der Waals surface area contributed by atoms with E-state index in [-0.39, 0.29) is 5.92 Å². The maximum absolute atomic E-state index is 12.2. The van der Waals surface area contributed by atoms with Crippen LogP contribution in [0.5, 0.6) is 0 Å². The fourth-order valence-electron chi connectivity index (χ4n) is 1.22. The highest BCUT2D eigenvalue weighted by atomic mass is 19.4. The van der Waals surface area contributed by atoms with E-state index in [0.717, 1.165) is 0 Å². The van der Waals surface area contributed by atoms with Crippen LogP contribution in [-0.4, -0.2) is 24.4 Å². The summed E-state index contributed by atoms with van der Waals surface area (Å²) < 4.78 is 40.8. The third-order valence-electron chi connectivity index (χ3n) is 1.89. The van der Waals surface area contributed by atoms with Gasteiger partial charge in [0.25, 0.3) is 0 Å². The van der Waals surface area contributed by atoms with Crippen LogP contribution in [-0.2, 0) is 4.74 Å². The number of rotatable bonds is 1. The lowest BCUT2D eigenvalue weighted by Gasteiger charge is -2.21. The van der Waals surface area contributed by atoms with Crippen molar-refractivity contribution in [3.8, 4) is 0 Å². The molecule has 0 aliphatic carbocycles. The van der Waals surface area contributed by atoms with Gasteiger partial charge in [0.15, 0.2) is 0 Å². The van der Waals surface area contributed by atoms with Crippen LogP contribution in [0, 0.1) is 5.92 Å². The molecule has 3 nitrogen and oxygen atoms in total. The molecule has 76 valence electrons. The predicted octanol–water partition coefficient (Wildman–Crippen LogP) is 1.68. The minimum atomic E-state index is -4.49. The lowest BCUT2D eigenvalue weighted by Crippen LogP contribution is -2.44. The van der Waals surface area contributed by atoms with Crippen LogP contribution < -0.4 is 5.32 Å². The van der Waals surface area contributed by atoms with E-state index in [4.69, 9.17) is 0 Å². The Balaban J connectivity index is 2.78. The topological polar surface area (TPSA) is 38.3 Å². The summed E-state index contributed by atoms with van der Waals surface area (Å²) in [6, 6.07) is -0.979. The Labute approximate surface area is 73.2 Å². The van der Waals surface area contributed by atoms with Crippen LogP contribution in [0.15, 0.2) is 0 Å². The first-order valence-electron chi connectivity index (χ1n) is 3.86. The number of nitrogens with one attached hydrogen (secondary N) is 1. The summed E-state index contributed by atoms with van der Waals surface area (Å²) in [6.45, 7) is 3.19. The summed E-state index contributed by atoms with van der Waals surface area (Å²) >= 11 is 0. The van der Waals surface area contributed by atoms with Crippen molar-refractivity contribution in [2.24, 2.45) is 5.92 Å². The van der Waals surface area contributed by atoms with Crippen LogP contribution in [0.2, 0.25) is 0 Å². The van der Waals surface area contributed by atoms with Gasteiger partial charge in [-0.3, -0.25) is 0 Å². The van der Waals surface area contributed by atoms with Gasteiger partial charge in [-0.25, -0.2) is 4.79 Å². The molecular weight excluding hydrogens is 187 g/mol. The number of hydrogen-bond acceptors (Lipinski definition) is 2. The van der Waals surface area contributed by atoms with Gasteiger partial charge in [-0.05, 0) is 5.92 Å². The second-order valence-electron chi connectivity index (χ2n) is 3.28. The first kappa shape index (κ1) is 10.1. The zero-order valence-corrected chi connectivity index (χ0v) is 7.18. The van der Waals surface area contributed by atoms with E-state index in [1.807, 2.05) is 0 Å². The fraction of sp³-hybridized carbons (Fsp3) is 0.857. The van der Waals surface area contributed by atoms with Gasteiger partial charge in [-0.2, -0.15) is 13.2 Å². The number of carbonyl (C=O) groups excluding carboxylic acids is 1. The Morgan fingerprint density at radius 3 is 2.31 bits per heavy atom. The third-order valence-corrected chi connectivity index (χ3v) is 1.89. The molecule has 1 N–H and O–H groups in total. The standard InChI is InChI=1S/C7H10F3NO2/c1-3(2)4-5(7(8,9)10)13-6(12)11-4/h3-5H,1-2H3,(H,11,12)/t4?,5-/m1/s1. The van der Waals surface area contributed by atoms with E-state index in [2.05, 4.69) is 10.1 Å². The number of ether oxygens (including phenoxy) is 1. The van der Waals surface area contributed by atoms with Crippen LogP contribution >= 0.6 is 0 Å². The molecular formula is C7H10F3NO2. The second-order valence-corrected chi connectivity index (χ2v) is 3.28. The summed E-state index contributed by atoms with van der Waals surface area (Å²) in [5, 5.41) is 2.13. The molecule has 0 bridgehead atoms. The molecule has 0 aromatic heterocycles. The molecule has 13 heavy (non-hydrogen) atoms. The van der Waals surface area contributed by atoms with E-state index >= 15 is 0 Å². The quantitative estimate of drug-likeness (QED) is 0.694. The van der Waals surface area contributed by atoms with Crippen molar-refractivity contribution < 1.29 is 22.7 Å². The Hall–Kier alpha value is -0.940. The van der Waals surface area contributed by atoms with Crippen LogP contribution in [0.1, 0.15) is 13.8 Å². The van der Waals surface area contributed by atoms with Crippen molar-refractivity contribution in [2.45, 2.75) is 32.2 Å². The third kappa shape index (κ3) is 2.05. The average Bonchev–Trinajstić information content (AvgIpc) is 2.29. The minimum Gasteiger partial charge on any atom is -0.434 e.